The fraction of sp³-hybridized carbons (Fsp3) is 0.409. The minimum absolute atomic E-state index is 0.164. The van der Waals surface area contributed by atoms with Crippen molar-refractivity contribution in [2.75, 3.05) is 13.2 Å². The Morgan fingerprint density at radius 1 is 1.17 bits per heavy atom. The van der Waals surface area contributed by atoms with Crippen molar-refractivity contribution in [2.45, 2.75) is 43.0 Å². The van der Waals surface area contributed by atoms with Crippen LogP contribution in [0.25, 0.3) is 0 Å². The Morgan fingerprint density at radius 2 is 1.90 bits per heavy atom. The van der Waals surface area contributed by atoms with Crippen LogP contribution >= 0.6 is 11.6 Å². The average Bonchev–Trinajstić information content (AvgIpc) is 3.14. The molecule has 2 saturated heterocycles. The van der Waals surface area contributed by atoms with E-state index in [1.807, 2.05) is 31.2 Å². The largest absolute Gasteiger partial charge is 0.494 e. The van der Waals surface area contributed by atoms with Crippen molar-refractivity contribution in [3.63, 3.8) is 0 Å². The zero-order chi connectivity index (χ0) is 21.5. The Hall–Kier alpha value is -2.00. The second-order valence-corrected chi connectivity index (χ2v) is 8.00. The third-order valence-corrected chi connectivity index (χ3v) is 6.08. The molecule has 4 rings (SSSR count). The first-order valence-electron chi connectivity index (χ1n) is 9.76. The predicted octanol–water partition coefficient (Wildman–Crippen LogP) is 2.01. The van der Waals surface area contributed by atoms with Gasteiger partial charge in [0.1, 0.15) is 24.1 Å². The van der Waals surface area contributed by atoms with Gasteiger partial charge >= 0.3 is 0 Å². The summed E-state index contributed by atoms with van der Waals surface area (Å²) in [7, 11) is 0. The third kappa shape index (κ3) is 3.32. The number of aliphatic hydroxyl groups excluding tert-OH is 3. The molecule has 2 aliphatic heterocycles. The van der Waals surface area contributed by atoms with Crippen LogP contribution < -0.4 is 4.74 Å². The lowest BCUT2D eigenvalue weighted by molar-refractivity contribution is -0.312. The van der Waals surface area contributed by atoms with Gasteiger partial charge in [0.2, 0.25) is 5.79 Å². The molecule has 30 heavy (non-hydrogen) atoms. The molecule has 0 radical (unpaired) electrons. The van der Waals surface area contributed by atoms with Crippen LogP contribution in [-0.2, 0) is 21.7 Å². The number of aliphatic hydroxyl groups is 3. The van der Waals surface area contributed by atoms with Gasteiger partial charge in [-0.3, -0.25) is 0 Å². The number of fused-ring (bicyclic) bond motifs is 2. The van der Waals surface area contributed by atoms with Crippen molar-refractivity contribution in [1.82, 2.24) is 0 Å². The summed E-state index contributed by atoms with van der Waals surface area (Å²) in [6.07, 6.45) is -3.12. The summed E-state index contributed by atoms with van der Waals surface area (Å²) >= 11 is 6.41. The first-order valence-corrected chi connectivity index (χ1v) is 10.1. The van der Waals surface area contributed by atoms with Gasteiger partial charge in [-0.25, -0.2) is 0 Å². The zero-order valence-corrected chi connectivity index (χ0v) is 17.2. The first-order chi connectivity index (χ1) is 14.3. The van der Waals surface area contributed by atoms with Crippen LogP contribution in [0.2, 0.25) is 5.02 Å². The van der Waals surface area contributed by atoms with Gasteiger partial charge in [0, 0.05) is 16.8 Å². The van der Waals surface area contributed by atoms with Crippen molar-refractivity contribution in [2.24, 2.45) is 0 Å². The van der Waals surface area contributed by atoms with Crippen molar-refractivity contribution in [3.05, 3.63) is 64.2 Å². The van der Waals surface area contributed by atoms with Crippen LogP contribution in [0.1, 0.15) is 23.6 Å². The van der Waals surface area contributed by atoms with E-state index in [1.165, 1.54) is 0 Å². The maximum absolute atomic E-state index is 10.7. The Bertz CT molecular complexity index is 938. The molecule has 4 N–H and O–H groups in total. The molecule has 2 aliphatic rings. The van der Waals surface area contributed by atoms with Crippen LogP contribution in [0, 0.1) is 5.41 Å². The van der Waals surface area contributed by atoms with Gasteiger partial charge in [-0.1, -0.05) is 29.8 Å². The summed E-state index contributed by atoms with van der Waals surface area (Å²) in [4.78, 5) is 0. The molecule has 8 heteroatoms. The number of hydrogen-bond acceptors (Lipinski definition) is 7. The molecule has 0 saturated carbocycles. The summed E-state index contributed by atoms with van der Waals surface area (Å²) in [5.41, 5.74) is 0.722. The Balaban J connectivity index is 1.67. The molecule has 0 amide bonds. The molecule has 0 aromatic heterocycles. The minimum atomic E-state index is -1.70. The quantitative estimate of drug-likeness (QED) is 0.518. The molecule has 2 bridgehead atoms. The van der Waals surface area contributed by atoms with E-state index in [2.05, 4.69) is 0 Å². The number of halogens is 1. The van der Waals surface area contributed by atoms with E-state index in [9.17, 15) is 15.3 Å². The van der Waals surface area contributed by atoms with Crippen molar-refractivity contribution < 1.29 is 29.5 Å². The number of nitrogens with one attached hydrogen (secondary N) is 1. The highest BCUT2D eigenvalue weighted by atomic mass is 35.5. The smallest absolute Gasteiger partial charge is 0.225 e. The third-order valence-electron chi connectivity index (χ3n) is 5.71. The normalized spacial score (nSPS) is 32.8. The topological polar surface area (TPSA) is 112 Å². The van der Waals surface area contributed by atoms with E-state index >= 15 is 0 Å². The number of rotatable bonds is 6. The first kappa shape index (κ1) is 21.2. The van der Waals surface area contributed by atoms with Crippen molar-refractivity contribution in [3.8, 4) is 5.75 Å². The predicted molar refractivity (Wildman–Crippen MR) is 110 cm³/mol. The average molecular weight is 434 g/mol. The lowest BCUT2D eigenvalue weighted by Crippen LogP contribution is -2.64. The molecule has 160 valence electrons. The maximum Gasteiger partial charge on any atom is 0.225 e. The molecule has 5 atom stereocenters. The Morgan fingerprint density at radius 3 is 2.57 bits per heavy atom. The zero-order valence-electron chi connectivity index (χ0n) is 16.4. The van der Waals surface area contributed by atoms with Gasteiger partial charge in [-0.05, 0) is 48.7 Å². The highest BCUT2D eigenvalue weighted by Crippen LogP contribution is 2.49. The maximum atomic E-state index is 10.7. The van der Waals surface area contributed by atoms with E-state index in [0.29, 0.717) is 23.6 Å². The molecular formula is C22H24ClNO6. The van der Waals surface area contributed by atoms with Crippen LogP contribution in [0.5, 0.6) is 5.75 Å². The minimum Gasteiger partial charge on any atom is -0.494 e. The van der Waals surface area contributed by atoms with E-state index in [1.54, 1.807) is 18.2 Å². The molecular weight excluding hydrogens is 410 g/mol. The monoisotopic (exact) mass is 433 g/mol. The molecule has 2 aromatic rings. The Labute approximate surface area is 179 Å². The van der Waals surface area contributed by atoms with Gasteiger partial charge in [0.05, 0.1) is 13.2 Å². The van der Waals surface area contributed by atoms with Gasteiger partial charge in [0.15, 0.2) is 5.60 Å². The molecule has 2 fully saturated rings. The van der Waals surface area contributed by atoms with Crippen LogP contribution in [0.4, 0.5) is 0 Å². The fourth-order valence-electron chi connectivity index (χ4n) is 4.03. The summed E-state index contributed by atoms with van der Waals surface area (Å²) < 4.78 is 17.2. The second-order valence-electron chi connectivity index (χ2n) is 7.60. The standard InChI is InChI=1S/C22H24ClNO6/c1-2-28-16-6-3-13(4-7-16)9-14-10-15(5-8-17(14)23)22-20(27)18(25)19(26)21(11-24,30-22)12-29-22/h3-8,10-11,18-20,24-27H,2,9,12H2,1H3. The van der Waals surface area contributed by atoms with Crippen molar-refractivity contribution in [1.29, 1.82) is 5.41 Å². The summed E-state index contributed by atoms with van der Waals surface area (Å²) in [5, 5.41) is 39.6. The molecule has 7 nitrogen and oxygen atoms in total. The molecule has 2 aromatic carbocycles. The van der Waals surface area contributed by atoms with Gasteiger partial charge in [-0.2, -0.15) is 0 Å². The lowest BCUT2D eigenvalue weighted by Gasteiger charge is -2.45. The van der Waals surface area contributed by atoms with Gasteiger partial charge in [0.25, 0.3) is 0 Å². The highest BCUT2D eigenvalue weighted by molar-refractivity contribution is 6.31. The molecule has 2 heterocycles. The molecule has 0 spiro atoms. The Kier molecular flexibility index (Phi) is 5.61. The van der Waals surface area contributed by atoms with Crippen LogP contribution in [0.15, 0.2) is 42.5 Å². The number of ether oxygens (including phenoxy) is 3. The van der Waals surface area contributed by atoms with E-state index in [4.69, 9.17) is 31.2 Å². The van der Waals surface area contributed by atoms with Gasteiger partial charge in [-0.15, -0.1) is 0 Å². The summed E-state index contributed by atoms with van der Waals surface area (Å²) in [5.74, 6) is -0.914. The number of hydrogen-bond donors (Lipinski definition) is 4. The highest BCUT2D eigenvalue weighted by Gasteiger charge is 2.66. The second kappa shape index (κ2) is 7.92. The van der Waals surface area contributed by atoms with Crippen LogP contribution in [-0.4, -0.2) is 58.7 Å². The number of benzene rings is 2. The van der Waals surface area contributed by atoms with Crippen molar-refractivity contribution >= 4 is 17.8 Å². The van der Waals surface area contributed by atoms with Crippen LogP contribution in [0.3, 0.4) is 0 Å². The van der Waals surface area contributed by atoms with E-state index in [0.717, 1.165) is 23.1 Å². The lowest BCUT2D eigenvalue weighted by atomic mass is 9.84. The fourth-order valence-corrected chi connectivity index (χ4v) is 4.21. The summed E-state index contributed by atoms with van der Waals surface area (Å²) in [6, 6.07) is 12.8. The van der Waals surface area contributed by atoms with E-state index < -0.39 is 29.7 Å². The summed E-state index contributed by atoms with van der Waals surface area (Å²) in [6.45, 7) is 2.35. The van der Waals surface area contributed by atoms with E-state index in [-0.39, 0.29) is 6.61 Å². The SMILES string of the molecule is CCOc1ccc(Cc2cc(C34OCC(C=N)(O3)C(O)C(O)C4O)ccc2Cl)cc1. The molecule has 0 aliphatic carbocycles. The van der Waals surface area contributed by atoms with Gasteiger partial charge < -0.3 is 34.9 Å². The molecule has 5 unspecified atom stereocenters.